The van der Waals surface area contributed by atoms with Crippen LogP contribution in [0.3, 0.4) is 0 Å². The second-order valence-electron chi connectivity index (χ2n) is 9.37. The lowest BCUT2D eigenvalue weighted by Gasteiger charge is -2.64. The van der Waals surface area contributed by atoms with Crippen LogP contribution in [0.2, 0.25) is 0 Å². The summed E-state index contributed by atoms with van der Waals surface area (Å²) in [6.45, 7) is 4.90. The molecule has 5 aliphatic carbocycles. The normalized spacial score (nSPS) is 50.6. The highest BCUT2D eigenvalue weighted by Crippen LogP contribution is 2.69. The fourth-order valence-electron chi connectivity index (χ4n) is 7.11. The first-order valence-electron chi connectivity index (χ1n) is 8.72. The van der Waals surface area contributed by atoms with Crippen molar-refractivity contribution in [1.82, 2.24) is 5.32 Å². The number of nitrogens with one attached hydrogen (secondary N) is 1. The van der Waals surface area contributed by atoms with Gasteiger partial charge >= 0.3 is 0 Å². The third-order valence-corrected chi connectivity index (χ3v) is 6.80. The van der Waals surface area contributed by atoms with Gasteiger partial charge in [0.25, 0.3) is 0 Å². The van der Waals surface area contributed by atoms with Crippen molar-refractivity contribution in [3.63, 3.8) is 0 Å². The molecule has 2 heteroatoms. The molecule has 20 heavy (non-hydrogen) atoms. The molecule has 112 valence electrons. The lowest BCUT2D eigenvalue weighted by Crippen LogP contribution is -2.60. The molecule has 0 aromatic rings. The molecule has 5 saturated carbocycles. The summed E-state index contributed by atoms with van der Waals surface area (Å²) in [5.41, 5.74) is 0.883. The third kappa shape index (κ3) is 1.94. The summed E-state index contributed by atoms with van der Waals surface area (Å²) >= 11 is 0. The summed E-state index contributed by atoms with van der Waals surface area (Å²) in [5.74, 6) is 1.24. The van der Waals surface area contributed by atoms with Crippen LogP contribution in [0, 0.1) is 22.2 Å². The third-order valence-electron chi connectivity index (χ3n) is 6.80. The number of amides is 1. The zero-order valence-corrected chi connectivity index (χ0v) is 13.1. The van der Waals surface area contributed by atoms with Gasteiger partial charge in [-0.1, -0.05) is 26.7 Å². The van der Waals surface area contributed by atoms with Crippen molar-refractivity contribution in [3.8, 4) is 0 Å². The minimum Gasteiger partial charge on any atom is -0.353 e. The average molecular weight is 275 g/mol. The summed E-state index contributed by atoms with van der Waals surface area (Å²) < 4.78 is 0. The number of carbonyl (C=O) groups excluding carboxylic acids is 1. The van der Waals surface area contributed by atoms with E-state index in [4.69, 9.17) is 0 Å². The lowest BCUT2D eigenvalue weighted by atomic mass is 9.40. The van der Waals surface area contributed by atoms with E-state index in [1.54, 1.807) is 0 Å². The van der Waals surface area contributed by atoms with Crippen LogP contribution < -0.4 is 5.32 Å². The lowest BCUT2D eigenvalue weighted by molar-refractivity contribution is -0.170. The summed E-state index contributed by atoms with van der Waals surface area (Å²) in [6, 6.07) is 0.483. The van der Waals surface area contributed by atoms with Crippen molar-refractivity contribution >= 4 is 5.91 Å². The van der Waals surface area contributed by atoms with Crippen LogP contribution in [0.1, 0.15) is 78.1 Å². The number of hydrogen-bond acceptors (Lipinski definition) is 1. The molecule has 0 aromatic carbocycles. The van der Waals surface area contributed by atoms with Gasteiger partial charge in [-0.05, 0) is 68.1 Å². The van der Waals surface area contributed by atoms with Crippen LogP contribution in [-0.2, 0) is 4.79 Å². The molecular formula is C18H29NO. The highest BCUT2D eigenvalue weighted by atomic mass is 16.2. The Labute approximate surface area is 123 Å². The first kappa shape index (κ1) is 13.2. The van der Waals surface area contributed by atoms with E-state index in [-0.39, 0.29) is 5.41 Å². The van der Waals surface area contributed by atoms with Gasteiger partial charge in [-0.25, -0.2) is 0 Å². The van der Waals surface area contributed by atoms with Gasteiger partial charge in [0.05, 0.1) is 5.41 Å². The second kappa shape index (κ2) is 4.01. The Morgan fingerprint density at radius 1 is 0.950 bits per heavy atom. The van der Waals surface area contributed by atoms with E-state index in [0.29, 0.717) is 22.8 Å². The van der Waals surface area contributed by atoms with E-state index in [0.717, 1.165) is 18.8 Å². The predicted molar refractivity (Wildman–Crippen MR) is 80.2 cm³/mol. The molecule has 0 aliphatic heterocycles. The monoisotopic (exact) mass is 275 g/mol. The molecule has 0 saturated heterocycles. The predicted octanol–water partition coefficient (Wildman–Crippen LogP) is 4.04. The molecule has 0 unspecified atom stereocenters. The summed E-state index contributed by atoms with van der Waals surface area (Å²) in [5, 5.41) is 3.43. The fourth-order valence-corrected chi connectivity index (χ4v) is 7.11. The minimum atomic E-state index is -0.00843. The number of rotatable bonds is 2. The second-order valence-corrected chi connectivity index (χ2v) is 9.37. The first-order chi connectivity index (χ1) is 9.41. The Morgan fingerprint density at radius 3 is 2.10 bits per heavy atom. The number of hydrogen-bond donors (Lipinski definition) is 1. The summed E-state index contributed by atoms with van der Waals surface area (Å²) in [7, 11) is 0. The largest absolute Gasteiger partial charge is 0.353 e. The van der Waals surface area contributed by atoms with Crippen molar-refractivity contribution < 1.29 is 4.79 Å². The minimum absolute atomic E-state index is 0.00843. The van der Waals surface area contributed by atoms with Gasteiger partial charge in [0.1, 0.15) is 0 Å². The van der Waals surface area contributed by atoms with Crippen molar-refractivity contribution in [1.29, 1.82) is 0 Å². The van der Waals surface area contributed by atoms with E-state index in [9.17, 15) is 4.79 Å². The Morgan fingerprint density at radius 2 is 1.55 bits per heavy atom. The van der Waals surface area contributed by atoms with E-state index in [1.165, 1.54) is 51.4 Å². The average Bonchev–Trinajstić information content (AvgIpc) is 2.76. The molecule has 2 atom stereocenters. The molecule has 2 nitrogen and oxygen atoms in total. The summed E-state index contributed by atoms with van der Waals surface area (Å²) in [6.07, 6.45) is 12.6. The smallest absolute Gasteiger partial charge is 0.226 e. The van der Waals surface area contributed by atoms with Crippen LogP contribution in [0.4, 0.5) is 0 Å². The Bertz CT molecular complexity index is 419. The fraction of sp³-hybridized carbons (Fsp3) is 0.944. The molecule has 0 spiro atoms. The van der Waals surface area contributed by atoms with Crippen LogP contribution in [0.15, 0.2) is 0 Å². The van der Waals surface area contributed by atoms with Crippen molar-refractivity contribution in [2.45, 2.75) is 84.1 Å². The van der Waals surface area contributed by atoms with Crippen LogP contribution in [-0.4, -0.2) is 11.9 Å². The molecule has 0 heterocycles. The van der Waals surface area contributed by atoms with E-state index in [1.807, 2.05) is 0 Å². The van der Waals surface area contributed by atoms with Crippen LogP contribution in [0.25, 0.3) is 0 Å². The molecule has 0 aromatic heterocycles. The van der Waals surface area contributed by atoms with Crippen molar-refractivity contribution in [2.75, 3.05) is 0 Å². The maximum atomic E-state index is 13.0. The molecule has 5 aliphatic rings. The Balaban J connectivity index is 1.58. The van der Waals surface area contributed by atoms with E-state index in [2.05, 4.69) is 19.2 Å². The van der Waals surface area contributed by atoms with Gasteiger partial charge in [0.15, 0.2) is 0 Å². The highest BCUT2D eigenvalue weighted by Gasteiger charge is 2.62. The topological polar surface area (TPSA) is 29.1 Å². The van der Waals surface area contributed by atoms with Gasteiger partial charge in [-0.2, -0.15) is 0 Å². The van der Waals surface area contributed by atoms with Gasteiger partial charge in [0.2, 0.25) is 5.91 Å². The van der Waals surface area contributed by atoms with E-state index < -0.39 is 0 Å². The van der Waals surface area contributed by atoms with Crippen molar-refractivity contribution in [3.05, 3.63) is 0 Å². The molecule has 5 fully saturated rings. The SMILES string of the molecule is C[C@@]12CC3CC(C(=O)NC4CCCC4)(C1)C[C@@](C)(C3)C2. The maximum absolute atomic E-state index is 13.0. The zero-order valence-electron chi connectivity index (χ0n) is 13.1. The zero-order chi connectivity index (χ0) is 14.0. The van der Waals surface area contributed by atoms with Gasteiger partial charge < -0.3 is 5.32 Å². The highest BCUT2D eigenvalue weighted by molar-refractivity contribution is 5.83. The molecule has 1 amide bonds. The van der Waals surface area contributed by atoms with Gasteiger partial charge in [0, 0.05) is 6.04 Å². The molecule has 0 radical (unpaired) electrons. The maximum Gasteiger partial charge on any atom is 0.226 e. The number of carbonyl (C=O) groups is 1. The molecule has 5 rings (SSSR count). The quantitative estimate of drug-likeness (QED) is 0.809. The molecular weight excluding hydrogens is 246 g/mol. The van der Waals surface area contributed by atoms with Crippen LogP contribution >= 0.6 is 0 Å². The molecule has 4 bridgehead atoms. The van der Waals surface area contributed by atoms with Crippen LogP contribution in [0.5, 0.6) is 0 Å². The van der Waals surface area contributed by atoms with Gasteiger partial charge in [-0.3, -0.25) is 4.79 Å². The van der Waals surface area contributed by atoms with Crippen molar-refractivity contribution in [2.24, 2.45) is 22.2 Å². The first-order valence-corrected chi connectivity index (χ1v) is 8.72. The molecule has 1 N–H and O–H groups in total. The standard InChI is InChI=1S/C18H29NO/c1-16-7-13-8-17(2,10-16)12-18(9-13,11-16)15(20)19-14-5-3-4-6-14/h13-14H,3-12H2,1-2H3,(H,19,20)/t13?,16-,17-,18?/m0/s1. The summed E-state index contributed by atoms with van der Waals surface area (Å²) in [4.78, 5) is 13.0. The van der Waals surface area contributed by atoms with E-state index >= 15 is 0 Å². The Hall–Kier alpha value is -0.530. The van der Waals surface area contributed by atoms with Gasteiger partial charge in [-0.15, -0.1) is 0 Å². The Kier molecular flexibility index (Phi) is 2.64.